The second kappa shape index (κ2) is 9.64. The second-order valence-corrected chi connectivity index (χ2v) is 9.24. The van der Waals surface area contributed by atoms with Crippen molar-refractivity contribution in [2.24, 2.45) is 0 Å². The lowest BCUT2D eigenvalue weighted by Gasteiger charge is -2.22. The first-order valence-corrected chi connectivity index (χ1v) is 12.2. The van der Waals surface area contributed by atoms with Crippen LogP contribution in [-0.4, -0.2) is 46.4 Å². The Kier molecular flexibility index (Phi) is 6.27. The van der Waals surface area contributed by atoms with Crippen molar-refractivity contribution in [3.05, 3.63) is 65.5 Å². The molecule has 2 fully saturated rings. The number of hydrogen-bond acceptors (Lipinski definition) is 6. The molecule has 9 heteroatoms. The van der Waals surface area contributed by atoms with Crippen LogP contribution >= 0.6 is 11.3 Å². The van der Waals surface area contributed by atoms with Gasteiger partial charge >= 0.3 is 6.09 Å². The molecule has 2 N–H and O–H groups in total. The summed E-state index contributed by atoms with van der Waals surface area (Å²) in [5, 5.41) is 8.11. The summed E-state index contributed by atoms with van der Waals surface area (Å²) in [6.07, 6.45) is 2.85. The molecule has 2 heterocycles. The number of carbonyl (C=O) groups excluding carboxylic acids is 3. The van der Waals surface area contributed by atoms with E-state index < -0.39 is 12.1 Å². The van der Waals surface area contributed by atoms with Gasteiger partial charge in [-0.25, -0.2) is 9.78 Å². The van der Waals surface area contributed by atoms with Crippen LogP contribution in [-0.2, 0) is 4.79 Å². The number of likely N-dealkylation sites (tertiary alicyclic amines) is 1. The number of anilines is 1. The normalized spacial score (nSPS) is 17.3. The number of aromatic nitrogens is 1. The Labute approximate surface area is 201 Å². The molecule has 34 heavy (non-hydrogen) atoms. The standard InChI is InChI=1S/C25H24N4O4S/c30-22(26-18-12-13-18)17-10-8-16(9-11-17)20-15-34-24(27-20)28-23(31)21-7-4-14-29(21)25(32)33-19-5-2-1-3-6-19/h1-3,5-6,8-11,15,18,21H,4,7,12-14H2,(H,26,30)(H,27,28,31)/t21-/m0/s1. The van der Waals surface area contributed by atoms with Crippen molar-refractivity contribution in [2.75, 3.05) is 11.9 Å². The highest BCUT2D eigenvalue weighted by atomic mass is 32.1. The van der Waals surface area contributed by atoms with E-state index in [9.17, 15) is 14.4 Å². The highest BCUT2D eigenvalue weighted by Gasteiger charge is 2.35. The van der Waals surface area contributed by atoms with E-state index in [1.165, 1.54) is 16.2 Å². The first-order chi connectivity index (χ1) is 16.6. The van der Waals surface area contributed by atoms with Gasteiger partial charge in [0.1, 0.15) is 11.8 Å². The molecule has 0 radical (unpaired) electrons. The molecule has 8 nitrogen and oxygen atoms in total. The molecular weight excluding hydrogens is 452 g/mol. The average Bonchev–Trinajstić information content (AvgIpc) is 3.32. The minimum absolute atomic E-state index is 0.0628. The number of hydrogen-bond donors (Lipinski definition) is 2. The predicted molar refractivity (Wildman–Crippen MR) is 129 cm³/mol. The van der Waals surface area contributed by atoms with Gasteiger partial charge in [-0.15, -0.1) is 11.3 Å². The number of rotatable bonds is 6. The highest BCUT2D eigenvalue weighted by Crippen LogP contribution is 2.27. The van der Waals surface area contributed by atoms with Crippen LogP contribution in [0.4, 0.5) is 9.93 Å². The Balaban J connectivity index is 1.20. The lowest BCUT2D eigenvalue weighted by Crippen LogP contribution is -2.44. The second-order valence-electron chi connectivity index (χ2n) is 8.38. The van der Waals surface area contributed by atoms with Gasteiger partial charge in [-0.2, -0.15) is 0 Å². The van der Waals surface area contributed by atoms with Crippen molar-refractivity contribution in [1.29, 1.82) is 0 Å². The van der Waals surface area contributed by atoms with E-state index in [1.54, 1.807) is 36.4 Å². The van der Waals surface area contributed by atoms with Gasteiger partial charge in [-0.1, -0.05) is 30.3 Å². The number of amides is 3. The molecule has 1 aliphatic carbocycles. The molecule has 174 valence electrons. The maximum absolute atomic E-state index is 12.9. The zero-order valence-corrected chi connectivity index (χ0v) is 19.2. The molecule has 3 aromatic rings. The van der Waals surface area contributed by atoms with Crippen LogP contribution in [0.5, 0.6) is 5.75 Å². The number of nitrogens with one attached hydrogen (secondary N) is 2. The van der Waals surface area contributed by atoms with Crippen LogP contribution < -0.4 is 15.4 Å². The summed E-state index contributed by atoms with van der Waals surface area (Å²) < 4.78 is 5.41. The summed E-state index contributed by atoms with van der Waals surface area (Å²) in [5.41, 5.74) is 2.18. The largest absolute Gasteiger partial charge is 0.415 e. The molecule has 0 bridgehead atoms. The summed E-state index contributed by atoms with van der Waals surface area (Å²) in [5.74, 6) is 0.0989. The van der Waals surface area contributed by atoms with E-state index in [0.29, 0.717) is 41.1 Å². The molecule has 1 aromatic heterocycles. The fourth-order valence-electron chi connectivity index (χ4n) is 3.85. The number of thiazole rings is 1. The number of ether oxygens (including phenoxy) is 1. The molecule has 1 saturated heterocycles. The molecule has 1 saturated carbocycles. The van der Waals surface area contributed by atoms with Crippen molar-refractivity contribution in [1.82, 2.24) is 15.2 Å². The topological polar surface area (TPSA) is 101 Å². The monoisotopic (exact) mass is 476 g/mol. The first kappa shape index (κ1) is 22.1. The quantitative estimate of drug-likeness (QED) is 0.552. The van der Waals surface area contributed by atoms with E-state index in [-0.39, 0.29) is 11.8 Å². The molecule has 2 aliphatic rings. The number of carbonyl (C=O) groups is 3. The molecule has 1 atom stereocenters. The number of para-hydroxylation sites is 1. The lowest BCUT2D eigenvalue weighted by molar-refractivity contribution is -0.119. The maximum atomic E-state index is 12.9. The smallest absolute Gasteiger partial charge is 0.410 e. The van der Waals surface area contributed by atoms with Gasteiger partial charge in [-0.05, 0) is 49.9 Å². The Morgan fingerprint density at radius 1 is 1.00 bits per heavy atom. The molecule has 0 spiro atoms. The summed E-state index contributed by atoms with van der Waals surface area (Å²) in [6, 6.07) is 15.8. The molecule has 1 aliphatic heterocycles. The van der Waals surface area contributed by atoms with E-state index in [0.717, 1.165) is 24.8 Å². The van der Waals surface area contributed by atoms with Gasteiger partial charge in [0.15, 0.2) is 5.13 Å². The minimum Gasteiger partial charge on any atom is -0.410 e. The van der Waals surface area contributed by atoms with Crippen LogP contribution in [0, 0.1) is 0 Å². The van der Waals surface area contributed by atoms with Crippen LogP contribution in [0.15, 0.2) is 60.0 Å². The van der Waals surface area contributed by atoms with Crippen molar-refractivity contribution < 1.29 is 19.1 Å². The van der Waals surface area contributed by atoms with Crippen molar-refractivity contribution >= 4 is 34.4 Å². The SMILES string of the molecule is O=C(NC1CC1)c1ccc(-c2csc(NC(=O)[C@@H]3CCCN3C(=O)Oc3ccccc3)n2)cc1. The van der Waals surface area contributed by atoms with Crippen LogP contribution in [0.25, 0.3) is 11.3 Å². The number of nitrogens with zero attached hydrogens (tertiary/aromatic N) is 2. The Morgan fingerprint density at radius 2 is 1.76 bits per heavy atom. The Bertz CT molecular complexity index is 1190. The minimum atomic E-state index is -0.604. The van der Waals surface area contributed by atoms with Crippen molar-refractivity contribution in [2.45, 2.75) is 37.8 Å². The maximum Gasteiger partial charge on any atom is 0.415 e. The summed E-state index contributed by atoms with van der Waals surface area (Å²) in [4.78, 5) is 43.6. The van der Waals surface area contributed by atoms with E-state index in [1.807, 2.05) is 23.6 Å². The fraction of sp³-hybridized carbons (Fsp3) is 0.280. The first-order valence-electron chi connectivity index (χ1n) is 11.3. The fourth-order valence-corrected chi connectivity index (χ4v) is 4.57. The third-order valence-corrected chi connectivity index (χ3v) is 6.59. The van der Waals surface area contributed by atoms with E-state index in [4.69, 9.17) is 4.74 Å². The van der Waals surface area contributed by atoms with Gasteiger partial charge in [0, 0.05) is 29.1 Å². The Morgan fingerprint density at radius 3 is 2.50 bits per heavy atom. The van der Waals surface area contributed by atoms with E-state index in [2.05, 4.69) is 15.6 Å². The molecule has 2 aromatic carbocycles. The van der Waals surface area contributed by atoms with Gasteiger partial charge in [-0.3, -0.25) is 14.5 Å². The highest BCUT2D eigenvalue weighted by molar-refractivity contribution is 7.14. The van der Waals surface area contributed by atoms with Crippen molar-refractivity contribution in [3.63, 3.8) is 0 Å². The summed E-state index contributed by atoms with van der Waals surface area (Å²) >= 11 is 1.31. The zero-order valence-electron chi connectivity index (χ0n) is 18.4. The lowest BCUT2D eigenvalue weighted by atomic mass is 10.1. The van der Waals surface area contributed by atoms with Crippen LogP contribution in [0.3, 0.4) is 0 Å². The predicted octanol–water partition coefficient (Wildman–Crippen LogP) is 4.30. The summed E-state index contributed by atoms with van der Waals surface area (Å²) in [6.45, 7) is 0.466. The van der Waals surface area contributed by atoms with Gasteiger partial charge < -0.3 is 15.4 Å². The van der Waals surface area contributed by atoms with E-state index >= 15 is 0 Å². The van der Waals surface area contributed by atoms with Crippen LogP contribution in [0.2, 0.25) is 0 Å². The molecule has 0 unspecified atom stereocenters. The zero-order chi connectivity index (χ0) is 23.5. The number of benzene rings is 2. The summed E-state index contributed by atoms with van der Waals surface area (Å²) in [7, 11) is 0. The molecule has 5 rings (SSSR count). The molecular formula is C25H24N4O4S. The van der Waals surface area contributed by atoms with Gasteiger partial charge in [0.2, 0.25) is 5.91 Å². The van der Waals surface area contributed by atoms with Crippen molar-refractivity contribution in [3.8, 4) is 17.0 Å². The average molecular weight is 477 g/mol. The van der Waals surface area contributed by atoms with Crippen LogP contribution in [0.1, 0.15) is 36.0 Å². The third-order valence-electron chi connectivity index (χ3n) is 5.83. The Hall–Kier alpha value is -3.72. The molecule has 3 amide bonds. The van der Waals surface area contributed by atoms with Gasteiger partial charge in [0.25, 0.3) is 5.91 Å². The third kappa shape index (κ3) is 5.09. The van der Waals surface area contributed by atoms with Gasteiger partial charge in [0.05, 0.1) is 5.69 Å².